The van der Waals surface area contributed by atoms with Crippen molar-refractivity contribution >= 4 is 5.97 Å². The second-order valence-electron chi connectivity index (χ2n) is 6.38. The van der Waals surface area contributed by atoms with Gasteiger partial charge in [-0.25, -0.2) is 0 Å². The van der Waals surface area contributed by atoms with Crippen molar-refractivity contribution < 1.29 is 9.90 Å². The Labute approximate surface area is 91.1 Å². The summed E-state index contributed by atoms with van der Waals surface area (Å²) in [5.41, 5.74) is -0.0652. The van der Waals surface area contributed by atoms with Crippen molar-refractivity contribution in [3.05, 3.63) is 0 Å². The summed E-state index contributed by atoms with van der Waals surface area (Å²) in [6.45, 7) is 2.23. The third-order valence-corrected chi connectivity index (χ3v) is 5.37. The lowest BCUT2D eigenvalue weighted by Gasteiger charge is -2.62. The zero-order chi connectivity index (χ0) is 10.7. The molecule has 4 fully saturated rings. The molecule has 2 nitrogen and oxygen atoms in total. The fourth-order valence-corrected chi connectivity index (χ4v) is 5.10. The lowest BCUT2D eigenvalue weighted by atomic mass is 9.43. The van der Waals surface area contributed by atoms with E-state index in [2.05, 4.69) is 6.92 Å². The van der Waals surface area contributed by atoms with Gasteiger partial charge in [-0.3, -0.25) is 0 Å². The first-order valence-corrected chi connectivity index (χ1v) is 6.29. The highest BCUT2D eigenvalue weighted by Gasteiger charge is 2.57. The number of hydrogen-bond donors (Lipinski definition) is 0. The number of rotatable bonds is 2. The molecular weight excluding hydrogens is 188 g/mol. The van der Waals surface area contributed by atoms with Crippen LogP contribution in [-0.2, 0) is 4.79 Å². The number of carbonyl (C=O) groups is 1. The molecule has 0 radical (unpaired) electrons. The highest BCUT2D eigenvalue weighted by molar-refractivity contribution is 5.73. The minimum absolute atomic E-state index is 0.365. The third-order valence-electron chi connectivity index (χ3n) is 5.37. The summed E-state index contributed by atoms with van der Waals surface area (Å²) >= 11 is 0. The van der Waals surface area contributed by atoms with Gasteiger partial charge in [0.1, 0.15) is 0 Å². The van der Waals surface area contributed by atoms with Crippen molar-refractivity contribution in [2.24, 2.45) is 22.7 Å². The van der Waals surface area contributed by atoms with Crippen molar-refractivity contribution in [1.82, 2.24) is 0 Å². The summed E-state index contributed by atoms with van der Waals surface area (Å²) < 4.78 is 0. The number of hydrogen-bond acceptors (Lipinski definition) is 2. The van der Waals surface area contributed by atoms with Gasteiger partial charge in [0.2, 0.25) is 0 Å². The van der Waals surface area contributed by atoms with E-state index in [-0.39, 0.29) is 0 Å². The van der Waals surface area contributed by atoms with Gasteiger partial charge < -0.3 is 9.90 Å². The molecule has 2 atom stereocenters. The van der Waals surface area contributed by atoms with E-state index in [0.29, 0.717) is 17.3 Å². The van der Waals surface area contributed by atoms with Crippen molar-refractivity contribution in [2.45, 2.75) is 51.9 Å². The molecule has 0 unspecified atom stereocenters. The Morgan fingerprint density at radius 1 is 1.27 bits per heavy atom. The average Bonchev–Trinajstić information content (AvgIpc) is 2.15. The number of aliphatic carboxylic acids is 1. The molecule has 0 amide bonds. The average molecular weight is 207 g/mol. The van der Waals surface area contributed by atoms with Crippen LogP contribution in [0.2, 0.25) is 0 Å². The number of carboxylic acids is 1. The Bertz CT molecular complexity index is 294. The highest BCUT2D eigenvalue weighted by Crippen LogP contribution is 2.66. The highest BCUT2D eigenvalue weighted by atomic mass is 16.4. The molecule has 0 aromatic rings. The molecule has 0 saturated heterocycles. The molecule has 4 bridgehead atoms. The van der Waals surface area contributed by atoms with Gasteiger partial charge in [-0.1, -0.05) is 13.3 Å². The molecule has 4 rings (SSSR count). The molecule has 2 heteroatoms. The Morgan fingerprint density at radius 2 is 1.87 bits per heavy atom. The number of carboxylic acid groups (broad SMARTS) is 1. The monoisotopic (exact) mass is 207 g/mol. The summed E-state index contributed by atoms with van der Waals surface area (Å²) in [7, 11) is 0. The van der Waals surface area contributed by atoms with Gasteiger partial charge in [0, 0.05) is 11.4 Å². The standard InChI is InChI=1S/C13H20O2/c1-2-12-4-9-3-10(5-12)7-13(6-9,8-12)11(14)15/h9-10H,2-8H2,1H3,(H,14,15)/p-1/t9-,10-,12?,13?/m0/s1. The van der Waals surface area contributed by atoms with E-state index in [1.54, 1.807) is 0 Å². The molecule has 0 heterocycles. The summed E-state index contributed by atoms with van der Waals surface area (Å²) in [4.78, 5) is 11.4. The van der Waals surface area contributed by atoms with E-state index in [9.17, 15) is 9.90 Å². The largest absolute Gasteiger partial charge is 0.550 e. The van der Waals surface area contributed by atoms with E-state index in [0.717, 1.165) is 25.7 Å². The maximum Gasteiger partial charge on any atom is 0.0476 e. The van der Waals surface area contributed by atoms with Crippen LogP contribution in [-0.4, -0.2) is 5.97 Å². The van der Waals surface area contributed by atoms with E-state index >= 15 is 0 Å². The molecule has 0 spiro atoms. The molecule has 0 aliphatic heterocycles. The van der Waals surface area contributed by atoms with Gasteiger partial charge in [-0.05, 0) is 55.8 Å². The zero-order valence-corrected chi connectivity index (χ0v) is 9.42. The second-order valence-corrected chi connectivity index (χ2v) is 6.38. The SMILES string of the molecule is CCC12C[C@@H]3C[C@@H](C1)CC(C(=O)[O-])(C3)C2. The van der Waals surface area contributed by atoms with E-state index in [4.69, 9.17) is 0 Å². The summed E-state index contributed by atoms with van der Waals surface area (Å²) in [5, 5.41) is 11.4. The van der Waals surface area contributed by atoms with Crippen LogP contribution >= 0.6 is 0 Å². The first kappa shape index (κ1) is 9.68. The van der Waals surface area contributed by atoms with Crippen molar-refractivity contribution in [3.8, 4) is 0 Å². The summed E-state index contributed by atoms with van der Waals surface area (Å²) in [6, 6.07) is 0. The van der Waals surface area contributed by atoms with Gasteiger partial charge in [0.15, 0.2) is 0 Å². The van der Waals surface area contributed by atoms with Crippen LogP contribution in [0.25, 0.3) is 0 Å². The van der Waals surface area contributed by atoms with Gasteiger partial charge in [-0.15, -0.1) is 0 Å². The Morgan fingerprint density at radius 3 is 2.33 bits per heavy atom. The van der Waals surface area contributed by atoms with Crippen molar-refractivity contribution in [2.75, 3.05) is 0 Å². The van der Waals surface area contributed by atoms with Crippen LogP contribution in [0.15, 0.2) is 0 Å². The molecule has 15 heavy (non-hydrogen) atoms. The van der Waals surface area contributed by atoms with Gasteiger partial charge in [-0.2, -0.15) is 0 Å². The molecule has 4 saturated carbocycles. The van der Waals surface area contributed by atoms with Gasteiger partial charge >= 0.3 is 0 Å². The van der Waals surface area contributed by atoms with E-state index < -0.39 is 11.4 Å². The Kier molecular flexibility index (Phi) is 1.79. The summed E-state index contributed by atoms with van der Waals surface area (Å²) in [6.07, 6.45) is 7.75. The van der Waals surface area contributed by atoms with Crippen LogP contribution < -0.4 is 5.11 Å². The van der Waals surface area contributed by atoms with Crippen LogP contribution in [0.5, 0.6) is 0 Å². The quantitative estimate of drug-likeness (QED) is 0.692. The van der Waals surface area contributed by atoms with Crippen LogP contribution in [0.4, 0.5) is 0 Å². The third kappa shape index (κ3) is 1.20. The fraction of sp³-hybridized carbons (Fsp3) is 0.923. The molecule has 4 aliphatic rings. The first-order chi connectivity index (χ1) is 7.07. The second kappa shape index (κ2) is 2.78. The summed E-state index contributed by atoms with van der Waals surface area (Å²) in [5.74, 6) is 0.614. The molecule has 4 aliphatic carbocycles. The minimum atomic E-state index is -0.755. The smallest absolute Gasteiger partial charge is 0.0476 e. The van der Waals surface area contributed by atoms with Crippen LogP contribution in [0.3, 0.4) is 0 Å². The molecular formula is C13H19O2-. The molecule has 84 valence electrons. The topological polar surface area (TPSA) is 40.1 Å². The van der Waals surface area contributed by atoms with Crippen LogP contribution in [0.1, 0.15) is 51.9 Å². The fourth-order valence-electron chi connectivity index (χ4n) is 5.10. The normalized spacial score (nSPS) is 52.1. The maximum atomic E-state index is 11.4. The lowest BCUT2D eigenvalue weighted by Crippen LogP contribution is -2.58. The molecule has 0 aromatic carbocycles. The lowest BCUT2D eigenvalue weighted by molar-refractivity contribution is -0.329. The van der Waals surface area contributed by atoms with Crippen molar-refractivity contribution in [3.63, 3.8) is 0 Å². The first-order valence-electron chi connectivity index (χ1n) is 6.29. The predicted molar refractivity (Wildman–Crippen MR) is 54.8 cm³/mol. The molecule has 0 aromatic heterocycles. The molecule has 0 N–H and O–H groups in total. The van der Waals surface area contributed by atoms with Crippen molar-refractivity contribution in [1.29, 1.82) is 0 Å². The Hall–Kier alpha value is -0.530. The zero-order valence-electron chi connectivity index (χ0n) is 9.42. The predicted octanol–water partition coefficient (Wildman–Crippen LogP) is 1.73. The maximum absolute atomic E-state index is 11.4. The van der Waals surface area contributed by atoms with E-state index in [1.807, 2.05) is 0 Å². The van der Waals surface area contributed by atoms with Gasteiger partial charge in [0.05, 0.1) is 0 Å². The van der Waals surface area contributed by atoms with Crippen LogP contribution in [0, 0.1) is 22.7 Å². The van der Waals surface area contributed by atoms with Gasteiger partial charge in [0.25, 0.3) is 0 Å². The van der Waals surface area contributed by atoms with E-state index in [1.165, 1.54) is 19.3 Å². The minimum Gasteiger partial charge on any atom is -0.550 e. The Balaban J connectivity index is 1.99. The number of carbonyl (C=O) groups excluding carboxylic acids is 1.